The van der Waals surface area contributed by atoms with Crippen molar-refractivity contribution in [1.29, 1.82) is 0 Å². The van der Waals surface area contributed by atoms with Gasteiger partial charge < -0.3 is 19.7 Å². The predicted molar refractivity (Wildman–Crippen MR) is 169 cm³/mol. The molecule has 0 aliphatic carbocycles. The Hall–Kier alpha value is -3.47. The highest BCUT2D eigenvalue weighted by Gasteiger charge is 2.34. The van der Waals surface area contributed by atoms with Crippen molar-refractivity contribution < 1.29 is 27.5 Å². The van der Waals surface area contributed by atoms with Crippen LogP contribution in [0.25, 0.3) is 0 Å². The Kier molecular flexibility index (Phi) is 12.1. The highest BCUT2D eigenvalue weighted by atomic mass is 35.5. The lowest BCUT2D eigenvalue weighted by molar-refractivity contribution is -0.140. The number of benzene rings is 3. The molecule has 0 aliphatic rings. The first kappa shape index (κ1) is 34.0. The zero-order valence-electron chi connectivity index (χ0n) is 24.8. The van der Waals surface area contributed by atoms with Crippen molar-refractivity contribution in [2.75, 3.05) is 31.6 Å². The summed E-state index contributed by atoms with van der Waals surface area (Å²) in [6, 6.07) is 16.4. The summed E-state index contributed by atoms with van der Waals surface area (Å²) in [5.74, 6) is -0.0153. The van der Waals surface area contributed by atoms with Crippen LogP contribution in [0.3, 0.4) is 0 Å². The molecule has 1 N–H and O–H groups in total. The van der Waals surface area contributed by atoms with E-state index in [2.05, 4.69) is 5.32 Å². The van der Waals surface area contributed by atoms with Crippen LogP contribution in [0.2, 0.25) is 10.0 Å². The number of rotatable bonds is 14. The van der Waals surface area contributed by atoms with Crippen LogP contribution in [0, 0.1) is 5.92 Å². The molecule has 0 spiro atoms. The molecule has 0 bridgehead atoms. The lowest BCUT2D eigenvalue weighted by Crippen LogP contribution is -2.52. The smallest absolute Gasteiger partial charge is 0.264 e. The first-order chi connectivity index (χ1) is 20.4. The molecule has 0 unspecified atom stereocenters. The molecular formula is C31H37Cl2N3O6S. The zero-order chi connectivity index (χ0) is 31.7. The molecule has 0 heterocycles. The highest BCUT2D eigenvalue weighted by Crippen LogP contribution is 2.33. The number of hydrogen-bond acceptors (Lipinski definition) is 6. The molecule has 3 rings (SSSR count). The van der Waals surface area contributed by atoms with Crippen LogP contribution >= 0.6 is 23.2 Å². The third kappa shape index (κ3) is 8.55. The van der Waals surface area contributed by atoms with Crippen LogP contribution in [0.1, 0.15) is 32.8 Å². The standard InChI is InChI=1S/C31H37Cl2N3O6S/c1-6-27(31(38)34-18-21(2)3)35(19-22-11-16-25(32)26(33)17-22)30(37)20-36(28-9-7-8-10-29(28)42-5)43(39,40)24-14-12-23(41-4)13-15-24/h7-17,21,27H,6,18-20H2,1-5H3,(H,34,38)/t27-/m0/s1. The van der Waals surface area contributed by atoms with E-state index in [0.717, 1.165) is 4.31 Å². The van der Waals surface area contributed by atoms with E-state index in [1.165, 1.54) is 43.4 Å². The van der Waals surface area contributed by atoms with E-state index >= 15 is 0 Å². The van der Waals surface area contributed by atoms with E-state index in [4.69, 9.17) is 32.7 Å². The molecule has 0 aliphatic heterocycles. The molecule has 1 atom stereocenters. The first-order valence-corrected chi connectivity index (χ1v) is 15.9. The lowest BCUT2D eigenvalue weighted by Gasteiger charge is -2.33. The molecule has 0 fully saturated rings. The van der Waals surface area contributed by atoms with Crippen molar-refractivity contribution in [3.63, 3.8) is 0 Å². The van der Waals surface area contributed by atoms with Crippen LogP contribution in [0.5, 0.6) is 11.5 Å². The number of sulfonamides is 1. The Bertz CT molecular complexity index is 1520. The van der Waals surface area contributed by atoms with Crippen molar-refractivity contribution >= 4 is 50.7 Å². The second-order valence-corrected chi connectivity index (χ2v) is 12.9. The molecule has 0 aromatic heterocycles. The number of ether oxygens (including phenoxy) is 2. The van der Waals surface area contributed by atoms with Crippen molar-refractivity contribution in [3.8, 4) is 11.5 Å². The average Bonchev–Trinajstić information content (AvgIpc) is 3.00. The van der Waals surface area contributed by atoms with Crippen molar-refractivity contribution in [1.82, 2.24) is 10.2 Å². The Labute approximate surface area is 263 Å². The predicted octanol–water partition coefficient (Wildman–Crippen LogP) is 5.79. The van der Waals surface area contributed by atoms with E-state index in [0.29, 0.717) is 27.9 Å². The topological polar surface area (TPSA) is 105 Å². The fourth-order valence-corrected chi connectivity index (χ4v) is 6.15. The largest absolute Gasteiger partial charge is 0.497 e. The normalized spacial score (nSPS) is 12.0. The fraction of sp³-hybridized carbons (Fsp3) is 0.355. The summed E-state index contributed by atoms with van der Waals surface area (Å²) in [4.78, 5) is 28.9. The Morgan fingerprint density at radius 3 is 2.19 bits per heavy atom. The number of hydrogen-bond donors (Lipinski definition) is 1. The molecular weight excluding hydrogens is 613 g/mol. The van der Waals surface area contributed by atoms with Gasteiger partial charge in [0.1, 0.15) is 24.1 Å². The summed E-state index contributed by atoms with van der Waals surface area (Å²) in [7, 11) is -1.39. The van der Waals surface area contributed by atoms with E-state index in [-0.39, 0.29) is 41.1 Å². The molecule has 3 aromatic carbocycles. The van der Waals surface area contributed by atoms with Gasteiger partial charge in [0.15, 0.2) is 0 Å². The summed E-state index contributed by atoms with van der Waals surface area (Å²) in [5, 5.41) is 3.54. The van der Waals surface area contributed by atoms with Gasteiger partial charge in [-0.3, -0.25) is 13.9 Å². The fourth-order valence-electron chi connectivity index (χ4n) is 4.40. The summed E-state index contributed by atoms with van der Waals surface area (Å²) in [6.07, 6.45) is 0.289. The minimum Gasteiger partial charge on any atom is -0.497 e. The van der Waals surface area contributed by atoms with Gasteiger partial charge in [-0.05, 0) is 66.4 Å². The number of methoxy groups -OCH3 is 2. The third-order valence-electron chi connectivity index (χ3n) is 6.69. The first-order valence-electron chi connectivity index (χ1n) is 13.7. The average molecular weight is 651 g/mol. The number of carbonyl (C=O) groups excluding carboxylic acids is 2. The molecule has 12 heteroatoms. The number of carbonyl (C=O) groups is 2. The number of nitrogens with zero attached hydrogens (tertiary/aromatic N) is 2. The third-order valence-corrected chi connectivity index (χ3v) is 9.20. The Balaban J connectivity index is 2.10. The monoisotopic (exact) mass is 649 g/mol. The molecule has 2 amide bonds. The maximum absolute atomic E-state index is 14.2. The number of halogens is 2. The van der Waals surface area contributed by atoms with Crippen molar-refractivity contribution in [3.05, 3.63) is 82.3 Å². The minimum absolute atomic E-state index is 0.00826. The van der Waals surface area contributed by atoms with Crippen LogP contribution in [-0.4, -0.2) is 58.5 Å². The van der Waals surface area contributed by atoms with Crippen LogP contribution in [0.4, 0.5) is 5.69 Å². The number of nitrogens with one attached hydrogen (secondary N) is 1. The number of para-hydroxylation sites is 2. The van der Waals surface area contributed by atoms with Gasteiger partial charge in [-0.1, -0.05) is 62.2 Å². The van der Waals surface area contributed by atoms with E-state index in [9.17, 15) is 18.0 Å². The maximum Gasteiger partial charge on any atom is 0.264 e. The van der Waals surface area contributed by atoms with Gasteiger partial charge >= 0.3 is 0 Å². The molecule has 9 nitrogen and oxygen atoms in total. The summed E-state index contributed by atoms with van der Waals surface area (Å²) < 4.78 is 39.8. The molecule has 0 saturated heterocycles. The SMILES string of the molecule is CC[C@@H](C(=O)NCC(C)C)N(Cc1ccc(Cl)c(Cl)c1)C(=O)CN(c1ccccc1OC)S(=O)(=O)c1ccc(OC)cc1. The van der Waals surface area contributed by atoms with Crippen LogP contribution in [0.15, 0.2) is 71.6 Å². The van der Waals surface area contributed by atoms with Gasteiger partial charge in [0.05, 0.1) is 34.8 Å². The quantitative estimate of drug-likeness (QED) is 0.237. The van der Waals surface area contributed by atoms with Gasteiger partial charge in [-0.2, -0.15) is 0 Å². The van der Waals surface area contributed by atoms with Gasteiger partial charge in [0, 0.05) is 13.1 Å². The highest BCUT2D eigenvalue weighted by molar-refractivity contribution is 7.92. The van der Waals surface area contributed by atoms with E-state index in [1.54, 1.807) is 49.4 Å². The van der Waals surface area contributed by atoms with Crippen molar-refractivity contribution in [2.45, 2.75) is 44.7 Å². The number of amides is 2. The minimum atomic E-state index is -4.29. The maximum atomic E-state index is 14.2. The Morgan fingerprint density at radius 1 is 0.930 bits per heavy atom. The number of anilines is 1. The summed E-state index contributed by atoms with van der Waals surface area (Å²) in [6.45, 7) is 5.53. The summed E-state index contributed by atoms with van der Waals surface area (Å²) in [5.41, 5.74) is 0.792. The van der Waals surface area contributed by atoms with Gasteiger partial charge in [0.2, 0.25) is 11.8 Å². The molecule has 232 valence electrons. The Morgan fingerprint density at radius 2 is 1.60 bits per heavy atom. The second-order valence-electron chi connectivity index (χ2n) is 10.2. The molecule has 3 aromatic rings. The molecule has 0 radical (unpaired) electrons. The van der Waals surface area contributed by atoms with Crippen molar-refractivity contribution in [2.24, 2.45) is 5.92 Å². The van der Waals surface area contributed by atoms with Gasteiger partial charge in [-0.15, -0.1) is 0 Å². The van der Waals surface area contributed by atoms with Crippen LogP contribution < -0.4 is 19.1 Å². The second kappa shape index (κ2) is 15.3. The van der Waals surface area contributed by atoms with Gasteiger partial charge in [-0.25, -0.2) is 8.42 Å². The van der Waals surface area contributed by atoms with E-state index in [1.807, 2.05) is 13.8 Å². The van der Waals surface area contributed by atoms with Gasteiger partial charge in [0.25, 0.3) is 10.0 Å². The lowest BCUT2D eigenvalue weighted by atomic mass is 10.1. The van der Waals surface area contributed by atoms with Crippen LogP contribution in [-0.2, 0) is 26.2 Å². The zero-order valence-corrected chi connectivity index (χ0v) is 27.2. The van der Waals surface area contributed by atoms with E-state index < -0.39 is 28.5 Å². The molecule has 43 heavy (non-hydrogen) atoms. The molecule has 0 saturated carbocycles. The summed E-state index contributed by atoms with van der Waals surface area (Å²) >= 11 is 12.4.